The molecular weight excluding hydrogens is 396 g/mol. The zero-order chi connectivity index (χ0) is 11.9. The van der Waals surface area contributed by atoms with Crippen molar-refractivity contribution in [1.29, 1.82) is 0 Å². The molecule has 0 aliphatic carbocycles. The summed E-state index contributed by atoms with van der Waals surface area (Å²) in [5.74, 6) is 0.0244. The molecular formula is C10H5Br2ClOS2. The molecule has 0 fully saturated rings. The SMILES string of the molecule is Cc1cc(C(=O)c2cc(Br)c(Br)s2)sc1Cl. The Bertz CT molecular complexity index is 472. The van der Waals surface area contributed by atoms with E-state index in [1.807, 2.05) is 19.1 Å². The molecule has 0 bridgehead atoms. The lowest BCUT2D eigenvalue weighted by molar-refractivity contribution is 0.104. The molecule has 0 amide bonds. The van der Waals surface area contributed by atoms with E-state index >= 15 is 0 Å². The number of rotatable bonds is 2. The summed E-state index contributed by atoms with van der Waals surface area (Å²) < 4.78 is 2.51. The maximum Gasteiger partial charge on any atom is 0.212 e. The van der Waals surface area contributed by atoms with Crippen molar-refractivity contribution >= 4 is 71.9 Å². The number of hydrogen-bond acceptors (Lipinski definition) is 3. The first kappa shape index (κ1) is 12.8. The minimum Gasteiger partial charge on any atom is -0.287 e. The van der Waals surface area contributed by atoms with Crippen LogP contribution in [0.1, 0.15) is 20.1 Å². The molecule has 2 aromatic rings. The van der Waals surface area contributed by atoms with Crippen LogP contribution in [-0.2, 0) is 0 Å². The van der Waals surface area contributed by atoms with Crippen LogP contribution in [0.3, 0.4) is 0 Å². The Hall–Kier alpha value is 0.320. The Morgan fingerprint density at radius 3 is 2.31 bits per heavy atom. The van der Waals surface area contributed by atoms with Gasteiger partial charge in [0.15, 0.2) is 0 Å². The standard InChI is InChI=1S/C10H5Br2ClOS2/c1-4-2-6(16-10(4)13)8(14)7-3-5(11)9(12)15-7/h2-3H,1H3. The van der Waals surface area contributed by atoms with Crippen LogP contribution in [0, 0.1) is 6.92 Å². The number of halogens is 3. The molecule has 2 rings (SSSR count). The Kier molecular flexibility index (Phi) is 3.91. The second-order valence-electron chi connectivity index (χ2n) is 3.13. The second-order valence-corrected chi connectivity index (χ2v) is 8.01. The van der Waals surface area contributed by atoms with E-state index in [1.165, 1.54) is 22.7 Å². The molecule has 0 radical (unpaired) electrons. The van der Waals surface area contributed by atoms with E-state index in [0.717, 1.165) is 13.8 Å². The van der Waals surface area contributed by atoms with Crippen LogP contribution in [0.25, 0.3) is 0 Å². The highest BCUT2D eigenvalue weighted by atomic mass is 79.9. The summed E-state index contributed by atoms with van der Waals surface area (Å²) >= 11 is 15.4. The van der Waals surface area contributed by atoms with Gasteiger partial charge in [-0.3, -0.25) is 4.79 Å². The molecule has 2 aromatic heterocycles. The summed E-state index contributed by atoms with van der Waals surface area (Å²) in [7, 11) is 0. The van der Waals surface area contributed by atoms with E-state index in [2.05, 4.69) is 31.9 Å². The molecule has 0 saturated carbocycles. The van der Waals surface area contributed by atoms with E-state index in [4.69, 9.17) is 11.6 Å². The fourth-order valence-corrected chi connectivity index (χ4v) is 4.36. The van der Waals surface area contributed by atoms with Crippen LogP contribution in [0.5, 0.6) is 0 Å². The predicted molar refractivity (Wildman–Crippen MR) is 77.2 cm³/mol. The molecule has 0 saturated heterocycles. The van der Waals surface area contributed by atoms with Crippen molar-refractivity contribution in [2.45, 2.75) is 6.92 Å². The van der Waals surface area contributed by atoms with Gasteiger partial charge in [-0.25, -0.2) is 0 Å². The van der Waals surface area contributed by atoms with Gasteiger partial charge in [-0.2, -0.15) is 0 Å². The van der Waals surface area contributed by atoms with Gasteiger partial charge in [-0.15, -0.1) is 22.7 Å². The monoisotopic (exact) mass is 398 g/mol. The Morgan fingerprint density at radius 2 is 1.88 bits per heavy atom. The Balaban J connectivity index is 2.38. The maximum absolute atomic E-state index is 12.1. The lowest BCUT2D eigenvalue weighted by atomic mass is 10.2. The lowest BCUT2D eigenvalue weighted by Crippen LogP contribution is -1.94. The van der Waals surface area contributed by atoms with Crippen molar-refractivity contribution < 1.29 is 4.79 Å². The molecule has 2 heterocycles. The third-order valence-corrected chi connectivity index (χ3v) is 6.76. The second kappa shape index (κ2) is 4.90. The zero-order valence-electron chi connectivity index (χ0n) is 8.01. The van der Waals surface area contributed by atoms with Gasteiger partial charge in [-0.05, 0) is 56.5 Å². The van der Waals surface area contributed by atoms with Gasteiger partial charge in [0.05, 0.1) is 17.9 Å². The first-order chi connectivity index (χ1) is 7.49. The van der Waals surface area contributed by atoms with Crippen LogP contribution in [-0.4, -0.2) is 5.78 Å². The van der Waals surface area contributed by atoms with Gasteiger partial charge in [0.25, 0.3) is 0 Å². The summed E-state index contributed by atoms with van der Waals surface area (Å²) in [4.78, 5) is 13.5. The minimum atomic E-state index is 0.0244. The molecule has 0 spiro atoms. The third kappa shape index (κ3) is 2.43. The Labute approximate surface area is 123 Å². The van der Waals surface area contributed by atoms with Gasteiger partial charge in [-0.1, -0.05) is 11.6 Å². The van der Waals surface area contributed by atoms with E-state index in [0.29, 0.717) is 14.1 Å². The first-order valence-electron chi connectivity index (χ1n) is 4.24. The van der Waals surface area contributed by atoms with Gasteiger partial charge in [0.1, 0.15) is 0 Å². The average Bonchev–Trinajstić information content (AvgIpc) is 2.72. The molecule has 0 atom stereocenters. The fourth-order valence-electron chi connectivity index (χ4n) is 1.15. The van der Waals surface area contributed by atoms with E-state index in [-0.39, 0.29) is 5.78 Å². The van der Waals surface area contributed by atoms with Gasteiger partial charge < -0.3 is 0 Å². The predicted octanol–water partition coefficient (Wildman–Crippen LogP) is 5.53. The highest BCUT2D eigenvalue weighted by Crippen LogP contribution is 2.35. The largest absolute Gasteiger partial charge is 0.287 e. The number of ketones is 1. The molecule has 84 valence electrons. The molecule has 0 aliphatic heterocycles. The van der Waals surface area contributed by atoms with E-state index in [9.17, 15) is 4.79 Å². The fraction of sp³-hybridized carbons (Fsp3) is 0.100. The van der Waals surface area contributed by atoms with Crippen LogP contribution in [0.2, 0.25) is 4.34 Å². The molecule has 16 heavy (non-hydrogen) atoms. The summed E-state index contributed by atoms with van der Waals surface area (Å²) in [5, 5.41) is 0. The van der Waals surface area contributed by atoms with E-state index < -0.39 is 0 Å². The van der Waals surface area contributed by atoms with Crippen molar-refractivity contribution in [1.82, 2.24) is 0 Å². The van der Waals surface area contributed by atoms with Crippen molar-refractivity contribution in [3.8, 4) is 0 Å². The average molecular weight is 401 g/mol. The molecule has 0 aliphatic rings. The molecule has 1 nitrogen and oxygen atoms in total. The van der Waals surface area contributed by atoms with Crippen LogP contribution in [0.15, 0.2) is 20.4 Å². The number of thiophene rings is 2. The van der Waals surface area contributed by atoms with Gasteiger partial charge >= 0.3 is 0 Å². The topological polar surface area (TPSA) is 17.1 Å². The summed E-state index contributed by atoms with van der Waals surface area (Å²) in [6.45, 7) is 1.90. The van der Waals surface area contributed by atoms with Crippen LogP contribution in [0.4, 0.5) is 0 Å². The molecule has 0 unspecified atom stereocenters. The van der Waals surface area contributed by atoms with Gasteiger partial charge in [0.2, 0.25) is 5.78 Å². The molecule has 0 N–H and O–H groups in total. The zero-order valence-corrected chi connectivity index (χ0v) is 13.6. The van der Waals surface area contributed by atoms with Crippen molar-refractivity contribution in [3.05, 3.63) is 40.0 Å². The smallest absolute Gasteiger partial charge is 0.212 e. The number of carbonyl (C=O) groups excluding carboxylic acids is 1. The lowest BCUT2D eigenvalue weighted by Gasteiger charge is -1.90. The van der Waals surface area contributed by atoms with Crippen LogP contribution < -0.4 is 0 Å². The highest BCUT2D eigenvalue weighted by molar-refractivity contribution is 9.13. The maximum atomic E-state index is 12.1. The van der Waals surface area contributed by atoms with Crippen molar-refractivity contribution in [3.63, 3.8) is 0 Å². The van der Waals surface area contributed by atoms with Crippen molar-refractivity contribution in [2.75, 3.05) is 0 Å². The molecule has 6 heteroatoms. The van der Waals surface area contributed by atoms with Crippen LogP contribution >= 0.6 is 66.1 Å². The normalized spacial score (nSPS) is 10.8. The first-order valence-corrected chi connectivity index (χ1v) is 7.84. The Morgan fingerprint density at radius 1 is 1.25 bits per heavy atom. The minimum absolute atomic E-state index is 0.0244. The highest BCUT2D eigenvalue weighted by Gasteiger charge is 2.17. The van der Waals surface area contributed by atoms with E-state index in [1.54, 1.807) is 0 Å². The number of carbonyl (C=O) groups is 1. The summed E-state index contributed by atoms with van der Waals surface area (Å²) in [6, 6.07) is 3.65. The van der Waals surface area contributed by atoms with Crippen molar-refractivity contribution in [2.24, 2.45) is 0 Å². The van der Waals surface area contributed by atoms with Gasteiger partial charge in [0, 0.05) is 4.47 Å². The quantitative estimate of drug-likeness (QED) is 0.606. The molecule has 0 aromatic carbocycles. The number of hydrogen-bond donors (Lipinski definition) is 0. The third-order valence-electron chi connectivity index (χ3n) is 1.95. The summed E-state index contributed by atoms with van der Waals surface area (Å²) in [5.41, 5.74) is 0.949. The summed E-state index contributed by atoms with van der Waals surface area (Å²) in [6.07, 6.45) is 0. The number of aryl methyl sites for hydroxylation is 1.